The fourth-order valence-electron chi connectivity index (χ4n) is 1.09. The Morgan fingerprint density at radius 3 is 2.50 bits per heavy atom. The smallest absolute Gasteiger partial charge is 0.240 e. The van der Waals surface area contributed by atoms with Crippen LogP contribution in [0.3, 0.4) is 0 Å². The van der Waals surface area contributed by atoms with Gasteiger partial charge in [0.15, 0.2) is 0 Å². The highest BCUT2D eigenvalue weighted by Crippen LogP contribution is 2.06. The number of rotatable bonds is 7. The average molecular weight is 308 g/mol. The monoisotopic (exact) mass is 307 g/mol. The van der Waals surface area contributed by atoms with Gasteiger partial charge in [-0.15, -0.1) is 0 Å². The lowest BCUT2D eigenvalue weighted by atomic mass is 10.4. The Hall–Kier alpha value is -0.430. The van der Waals surface area contributed by atoms with Crippen molar-refractivity contribution in [2.24, 2.45) is 0 Å². The maximum atomic E-state index is 11.7. The zero-order valence-corrected chi connectivity index (χ0v) is 11.1. The van der Waals surface area contributed by atoms with E-state index in [1.807, 2.05) is 0 Å². The third-order valence-corrected chi connectivity index (χ3v) is 3.61. The summed E-state index contributed by atoms with van der Waals surface area (Å²) in [6.45, 7) is 1.23. The second-order valence-corrected chi connectivity index (χ2v) is 5.57. The average Bonchev–Trinajstić information content (AvgIpc) is 2.30. The van der Waals surface area contributed by atoms with E-state index in [4.69, 9.17) is 4.74 Å². The zero-order valence-electron chi connectivity index (χ0n) is 8.73. The van der Waals surface area contributed by atoms with Gasteiger partial charge in [0.2, 0.25) is 10.0 Å². The van der Waals surface area contributed by atoms with Gasteiger partial charge in [-0.2, -0.15) is 0 Å². The number of hydrogen-bond donors (Lipinski definition) is 1. The number of nitrogens with one attached hydrogen (secondary N) is 1. The van der Waals surface area contributed by atoms with Crippen LogP contribution in [0.2, 0.25) is 0 Å². The van der Waals surface area contributed by atoms with E-state index in [1.165, 1.54) is 0 Å². The molecule has 0 spiro atoms. The Labute approximate surface area is 104 Å². The first kappa shape index (κ1) is 13.6. The van der Waals surface area contributed by atoms with E-state index in [0.717, 1.165) is 5.33 Å². The minimum atomic E-state index is -3.39. The van der Waals surface area contributed by atoms with Crippen LogP contribution in [0.1, 0.15) is 0 Å². The van der Waals surface area contributed by atoms with E-state index in [2.05, 4.69) is 20.7 Å². The van der Waals surface area contributed by atoms with Gasteiger partial charge in [0.1, 0.15) is 0 Å². The quantitative estimate of drug-likeness (QED) is 0.611. The molecule has 0 amide bonds. The summed E-state index contributed by atoms with van der Waals surface area (Å²) in [5.41, 5.74) is 0. The van der Waals surface area contributed by atoms with Gasteiger partial charge < -0.3 is 4.74 Å². The summed E-state index contributed by atoms with van der Waals surface area (Å²) in [6, 6.07) is 8.27. The van der Waals surface area contributed by atoms with E-state index in [-0.39, 0.29) is 11.4 Å². The molecule has 0 fully saturated rings. The van der Waals surface area contributed by atoms with Crippen molar-refractivity contribution in [3.63, 3.8) is 0 Å². The van der Waals surface area contributed by atoms with Crippen LogP contribution in [0.5, 0.6) is 0 Å². The Bertz CT molecular complexity index is 394. The summed E-state index contributed by atoms with van der Waals surface area (Å²) in [5, 5.41) is 0.748. The highest BCUT2D eigenvalue weighted by molar-refractivity contribution is 9.09. The van der Waals surface area contributed by atoms with Crippen molar-refractivity contribution in [2.45, 2.75) is 4.90 Å². The van der Waals surface area contributed by atoms with E-state index in [9.17, 15) is 8.42 Å². The fraction of sp³-hybridized carbons (Fsp3) is 0.400. The van der Waals surface area contributed by atoms with Crippen molar-refractivity contribution >= 4 is 26.0 Å². The second-order valence-electron chi connectivity index (χ2n) is 3.01. The van der Waals surface area contributed by atoms with Gasteiger partial charge in [-0.3, -0.25) is 0 Å². The Morgan fingerprint density at radius 2 is 1.88 bits per heavy atom. The number of ether oxygens (including phenoxy) is 1. The number of halogens is 1. The molecule has 4 nitrogen and oxygen atoms in total. The SMILES string of the molecule is O=S(=O)(NCCOCCBr)c1ccccc1. The maximum Gasteiger partial charge on any atom is 0.240 e. The van der Waals surface area contributed by atoms with Gasteiger partial charge >= 0.3 is 0 Å². The molecule has 0 heterocycles. The molecule has 1 aromatic carbocycles. The van der Waals surface area contributed by atoms with Crippen molar-refractivity contribution in [3.05, 3.63) is 30.3 Å². The molecule has 16 heavy (non-hydrogen) atoms. The van der Waals surface area contributed by atoms with Crippen molar-refractivity contribution in [1.29, 1.82) is 0 Å². The largest absolute Gasteiger partial charge is 0.379 e. The molecule has 0 aromatic heterocycles. The van der Waals surface area contributed by atoms with Crippen LogP contribution in [-0.2, 0) is 14.8 Å². The minimum Gasteiger partial charge on any atom is -0.379 e. The van der Waals surface area contributed by atoms with Crippen LogP contribution in [0, 0.1) is 0 Å². The Kier molecular flexibility index (Phi) is 5.97. The van der Waals surface area contributed by atoms with Crippen LogP contribution in [-0.4, -0.2) is 33.5 Å². The molecule has 1 aromatic rings. The topological polar surface area (TPSA) is 55.4 Å². The second kappa shape index (κ2) is 7.01. The molecule has 1 rings (SSSR count). The Morgan fingerprint density at radius 1 is 1.19 bits per heavy atom. The molecule has 90 valence electrons. The lowest BCUT2D eigenvalue weighted by molar-refractivity contribution is 0.156. The predicted molar refractivity (Wildman–Crippen MR) is 66.2 cm³/mol. The summed E-state index contributed by atoms with van der Waals surface area (Å²) in [6.07, 6.45) is 0. The molecular formula is C10H14BrNO3S. The summed E-state index contributed by atoms with van der Waals surface area (Å²) >= 11 is 3.21. The van der Waals surface area contributed by atoms with Crippen LogP contribution in [0.15, 0.2) is 35.2 Å². The number of benzene rings is 1. The minimum absolute atomic E-state index is 0.274. The Balaban J connectivity index is 2.41. The van der Waals surface area contributed by atoms with Gasteiger partial charge in [0.05, 0.1) is 18.1 Å². The fourth-order valence-corrected chi connectivity index (χ4v) is 2.35. The molecule has 0 radical (unpaired) electrons. The van der Waals surface area contributed by atoms with Crippen molar-refractivity contribution in [2.75, 3.05) is 25.1 Å². The number of sulfonamides is 1. The van der Waals surface area contributed by atoms with Gasteiger partial charge in [0.25, 0.3) is 0 Å². The first-order chi connectivity index (χ1) is 7.67. The third kappa shape index (κ3) is 4.61. The standard InChI is InChI=1S/C10H14BrNO3S/c11-6-8-15-9-7-12-16(13,14)10-4-2-1-3-5-10/h1-5,12H,6-9H2. The normalized spacial score (nSPS) is 11.6. The molecule has 0 aliphatic carbocycles. The first-order valence-electron chi connectivity index (χ1n) is 4.85. The molecule has 0 saturated heterocycles. The molecule has 0 aliphatic rings. The van der Waals surface area contributed by atoms with Crippen LogP contribution < -0.4 is 4.72 Å². The predicted octanol–water partition coefficient (Wildman–Crippen LogP) is 1.38. The van der Waals surface area contributed by atoms with Gasteiger partial charge in [-0.25, -0.2) is 13.1 Å². The molecule has 1 N–H and O–H groups in total. The molecule has 0 aliphatic heterocycles. The summed E-state index contributed by atoms with van der Waals surface area (Å²) in [4.78, 5) is 0.274. The third-order valence-electron chi connectivity index (χ3n) is 1.81. The van der Waals surface area contributed by atoms with Gasteiger partial charge in [-0.1, -0.05) is 34.1 Å². The maximum absolute atomic E-state index is 11.7. The van der Waals surface area contributed by atoms with Crippen molar-refractivity contribution in [3.8, 4) is 0 Å². The van der Waals surface area contributed by atoms with Crippen LogP contribution in [0.25, 0.3) is 0 Å². The highest BCUT2D eigenvalue weighted by atomic mass is 79.9. The van der Waals surface area contributed by atoms with Gasteiger partial charge in [0, 0.05) is 11.9 Å². The molecule has 0 unspecified atom stereocenters. The summed E-state index contributed by atoms with van der Waals surface area (Å²) in [7, 11) is -3.39. The number of alkyl halides is 1. The van der Waals surface area contributed by atoms with E-state index < -0.39 is 10.0 Å². The van der Waals surface area contributed by atoms with E-state index in [1.54, 1.807) is 30.3 Å². The molecular weight excluding hydrogens is 294 g/mol. The van der Waals surface area contributed by atoms with E-state index >= 15 is 0 Å². The van der Waals surface area contributed by atoms with Crippen molar-refractivity contribution < 1.29 is 13.2 Å². The first-order valence-corrected chi connectivity index (χ1v) is 7.46. The highest BCUT2D eigenvalue weighted by Gasteiger charge is 2.11. The molecule has 0 atom stereocenters. The summed E-state index contributed by atoms with van der Waals surface area (Å²) in [5.74, 6) is 0. The zero-order chi connectivity index (χ0) is 11.9. The van der Waals surface area contributed by atoms with Crippen molar-refractivity contribution in [1.82, 2.24) is 4.72 Å². The number of hydrogen-bond acceptors (Lipinski definition) is 3. The van der Waals surface area contributed by atoms with Crippen LogP contribution >= 0.6 is 15.9 Å². The lowest BCUT2D eigenvalue weighted by Crippen LogP contribution is -2.27. The molecule has 0 saturated carbocycles. The summed E-state index contributed by atoms with van der Waals surface area (Å²) < 4.78 is 31.0. The molecule has 0 bridgehead atoms. The van der Waals surface area contributed by atoms with E-state index in [0.29, 0.717) is 13.2 Å². The lowest BCUT2D eigenvalue weighted by Gasteiger charge is -2.06. The molecule has 6 heteroatoms. The van der Waals surface area contributed by atoms with Gasteiger partial charge in [-0.05, 0) is 12.1 Å². The van der Waals surface area contributed by atoms with Crippen LogP contribution in [0.4, 0.5) is 0 Å².